The Morgan fingerprint density at radius 3 is 2.00 bits per heavy atom. The van der Waals surface area contributed by atoms with Crippen LogP contribution in [0.15, 0.2) is 101 Å². The lowest BCUT2D eigenvalue weighted by atomic mass is 10.0. The van der Waals surface area contributed by atoms with Gasteiger partial charge in [-0.3, -0.25) is 0 Å². The minimum Gasteiger partial charge on any atom is -0.416 e. The molecule has 3 nitrogen and oxygen atoms in total. The maximum Gasteiger partial charge on any atom is 0.248 e. The monoisotopic (exact) mass is 374 g/mol. The lowest BCUT2D eigenvalue weighted by Crippen LogP contribution is -1.80. The van der Waals surface area contributed by atoms with Crippen LogP contribution in [0.1, 0.15) is 11.1 Å². The average Bonchev–Trinajstić information content (AvgIpc) is 3.29. The molecule has 5 rings (SSSR count). The zero-order valence-electron chi connectivity index (χ0n) is 15.7. The molecule has 29 heavy (non-hydrogen) atoms. The highest BCUT2D eigenvalue weighted by atomic mass is 16.4. The zero-order chi connectivity index (χ0) is 19.5. The molecule has 1 aromatic heterocycles. The van der Waals surface area contributed by atoms with E-state index in [0.717, 1.165) is 16.7 Å². The van der Waals surface area contributed by atoms with Crippen LogP contribution in [-0.4, -0.2) is 10.2 Å². The van der Waals surface area contributed by atoms with Gasteiger partial charge in [-0.05, 0) is 46.2 Å². The predicted molar refractivity (Wildman–Crippen MR) is 118 cm³/mol. The van der Waals surface area contributed by atoms with Crippen molar-refractivity contribution in [2.24, 2.45) is 0 Å². The first-order valence-electron chi connectivity index (χ1n) is 9.52. The van der Waals surface area contributed by atoms with Gasteiger partial charge in [0.15, 0.2) is 0 Å². The van der Waals surface area contributed by atoms with Crippen LogP contribution in [0.4, 0.5) is 0 Å². The minimum absolute atomic E-state index is 0.522. The van der Waals surface area contributed by atoms with Crippen LogP contribution in [0, 0.1) is 0 Å². The molecule has 0 radical (unpaired) electrons. The van der Waals surface area contributed by atoms with Crippen LogP contribution < -0.4 is 0 Å². The highest BCUT2D eigenvalue weighted by molar-refractivity contribution is 5.92. The van der Waals surface area contributed by atoms with Gasteiger partial charge in [0.2, 0.25) is 11.8 Å². The van der Waals surface area contributed by atoms with Crippen LogP contribution in [-0.2, 0) is 0 Å². The summed E-state index contributed by atoms with van der Waals surface area (Å²) >= 11 is 0. The van der Waals surface area contributed by atoms with Crippen LogP contribution in [0.3, 0.4) is 0 Å². The SMILES string of the molecule is C(=Cc1cccc2ccccc12)c1ccc(-c2nnc(-c3ccccc3)o2)cc1. The first-order chi connectivity index (χ1) is 14.4. The molecule has 0 fully saturated rings. The van der Waals surface area contributed by atoms with E-state index in [4.69, 9.17) is 4.42 Å². The van der Waals surface area contributed by atoms with E-state index in [1.165, 1.54) is 16.3 Å². The topological polar surface area (TPSA) is 38.9 Å². The first kappa shape index (κ1) is 17.1. The van der Waals surface area contributed by atoms with E-state index in [-0.39, 0.29) is 0 Å². The Morgan fingerprint density at radius 1 is 0.552 bits per heavy atom. The van der Waals surface area contributed by atoms with E-state index in [1.54, 1.807) is 0 Å². The number of hydrogen-bond donors (Lipinski definition) is 0. The molecule has 0 amide bonds. The van der Waals surface area contributed by atoms with E-state index in [2.05, 4.69) is 76.9 Å². The number of benzene rings is 4. The molecule has 0 N–H and O–H groups in total. The van der Waals surface area contributed by atoms with Crippen LogP contribution >= 0.6 is 0 Å². The summed E-state index contributed by atoms with van der Waals surface area (Å²) in [6.07, 6.45) is 4.27. The van der Waals surface area contributed by atoms with Crippen LogP contribution in [0.25, 0.3) is 45.8 Å². The van der Waals surface area contributed by atoms with Gasteiger partial charge >= 0.3 is 0 Å². The Bertz CT molecular complexity index is 1280. The quantitative estimate of drug-likeness (QED) is 0.327. The van der Waals surface area contributed by atoms with Crippen LogP contribution in [0.5, 0.6) is 0 Å². The van der Waals surface area contributed by atoms with Crippen molar-refractivity contribution < 1.29 is 4.42 Å². The Morgan fingerprint density at radius 2 is 1.21 bits per heavy atom. The van der Waals surface area contributed by atoms with Gasteiger partial charge in [-0.1, -0.05) is 84.9 Å². The minimum atomic E-state index is 0.522. The summed E-state index contributed by atoms with van der Waals surface area (Å²) in [4.78, 5) is 0. The molecule has 0 saturated heterocycles. The standard InChI is InChI=1S/C26H18N2O/c1-2-8-22(9-3-1)25-27-28-26(29-25)23-17-14-19(15-18-23)13-16-21-11-6-10-20-7-4-5-12-24(20)21/h1-18H. The number of aromatic nitrogens is 2. The summed E-state index contributed by atoms with van der Waals surface area (Å²) in [7, 11) is 0. The van der Waals surface area contributed by atoms with Gasteiger partial charge in [0, 0.05) is 11.1 Å². The number of rotatable bonds is 4. The van der Waals surface area contributed by atoms with Gasteiger partial charge in [-0.2, -0.15) is 0 Å². The molecular weight excluding hydrogens is 356 g/mol. The molecule has 0 unspecified atom stereocenters. The van der Waals surface area contributed by atoms with Crippen molar-refractivity contribution >= 4 is 22.9 Å². The lowest BCUT2D eigenvalue weighted by molar-refractivity contribution is 0.584. The van der Waals surface area contributed by atoms with Crippen molar-refractivity contribution in [2.45, 2.75) is 0 Å². The molecule has 5 aromatic rings. The fourth-order valence-corrected chi connectivity index (χ4v) is 3.36. The van der Waals surface area contributed by atoms with Gasteiger partial charge in [-0.15, -0.1) is 10.2 Å². The molecule has 3 heteroatoms. The summed E-state index contributed by atoms with van der Waals surface area (Å²) in [5.74, 6) is 1.05. The second-order valence-corrected chi connectivity index (χ2v) is 6.80. The van der Waals surface area contributed by atoms with E-state index < -0.39 is 0 Å². The average molecular weight is 374 g/mol. The van der Waals surface area contributed by atoms with Gasteiger partial charge in [-0.25, -0.2) is 0 Å². The number of fused-ring (bicyclic) bond motifs is 1. The third kappa shape index (κ3) is 3.58. The summed E-state index contributed by atoms with van der Waals surface area (Å²) in [6, 6.07) is 32.7. The molecule has 0 aliphatic rings. The third-order valence-electron chi connectivity index (χ3n) is 4.88. The Labute approximate surface area is 169 Å². The van der Waals surface area contributed by atoms with E-state index >= 15 is 0 Å². The summed E-state index contributed by atoms with van der Waals surface area (Å²) < 4.78 is 5.83. The highest BCUT2D eigenvalue weighted by Gasteiger charge is 2.09. The molecule has 0 bridgehead atoms. The fourth-order valence-electron chi connectivity index (χ4n) is 3.36. The van der Waals surface area contributed by atoms with Gasteiger partial charge in [0.05, 0.1) is 0 Å². The molecule has 0 spiro atoms. The smallest absolute Gasteiger partial charge is 0.248 e. The van der Waals surface area contributed by atoms with Gasteiger partial charge < -0.3 is 4.42 Å². The number of hydrogen-bond acceptors (Lipinski definition) is 3. The maximum atomic E-state index is 5.83. The largest absolute Gasteiger partial charge is 0.416 e. The summed E-state index contributed by atoms with van der Waals surface area (Å²) in [5, 5.41) is 10.8. The van der Waals surface area contributed by atoms with Crippen LogP contribution in [0.2, 0.25) is 0 Å². The fraction of sp³-hybridized carbons (Fsp3) is 0. The maximum absolute atomic E-state index is 5.83. The Kier molecular flexibility index (Phi) is 4.47. The van der Waals surface area contributed by atoms with Gasteiger partial charge in [0.25, 0.3) is 0 Å². The molecule has 4 aromatic carbocycles. The van der Waals surface area contributed by atoms with Crippen molar-refractivity contribution in [1.82, 2.24) is 10.2 Å². The molecule has 0 aliphatic carbocycles. The second kappa shape index (κ2) is 7.56. The Balaban J connectivity index is 1.38. The third-order valence-corrected chi connectivity index (χ3v) is 4.88. The van der Waals surface area contributed by atoms with Crippen molar-refractivity contribution in [2.75, 3.05) is 0 Å². The highest BCUT2D eigenvalue weighted by Crippen LogP contribution is 2.25. The lowest BCUT2D eigenvalue weighted by Gasteiger charge is -2.02. The van der Waals surface area contributed by atoms with Crippen molar-refractivity contribution in [3.8, 4) is 22.9 Å². The van der Waals surface area contributed by atoms with E-state index in [1.807, 2.05) is 42.5 Å². The molecular formula is C26H18N2O. The molecule has 0 saturated carbocycles. The Hall–Kier alpha value is -3.98. The normalized spacial score (nSPS) is 11.3. The molecule has 138 valence electrons. The summed E-state index contributed by atoms with van der Waals surface area (Å²) in [6.45, 7) is 0. The molecule has 0 atom stereocenters. The van der Waals surface area contributed by atoms with Crippen molar-refractivity contribution in [3.05, 3.63) is 108 Å². The number of nitrogens with zero attached hydrogens (tertiary/aromatic N) is 2. The molecule has 1 heterocycles. The second-order valence-electron chi connectivity index (χ2n) is 6.80. The summed E-state index contributed by atoms with van der Waals surface area (Å²) in [5.41, 5.74) is 4.14. The zero-order valence-corrected chi connectivity index (χ0v) is 15.7. The van der Waals surface area contributed by atoms with Crippen molar-refractivity contribution in [3.63, 3.8) is 0 Å². The predicted octanol–water partition coefficient (Wildman–Crippen LogP) is 6.73. The molecule has 0 aliphatic heterocycles. The van der Waals surface area contributed by atoms with E-state index in [9.17, 15) is 0 Å². The van der Waals surface area contributed by atoms with E-state index in [0.29, 0.717) is 11.8 Å². The van der Waals surface area contributed by atoms with Crippen molar-refractivity contribution in [1.29, 1.82) is 0 Å². The first-order valence-corrected chi connectivity index (χ1v) is 9.52. The van der Waals surface area contributed by atoms with Gasteiger partial charge in [0.1, 0.15) is 0 Å².